The third kappa shape index (κ3) is 8.34. The van der Waals surface area contributed by atoms with Gasteiger partial charge in [0.25, 0.3) is 0 Å². The Morgan fingerprint density at radius 2 is 1.36 bits per heavy atom. The molecule has 0 aromatic carbocycles. The number of hydrogen-bond acceptors (Lipinski definition) is 0. The molecular weight excluding hydrogens is 168 g/mol. The third-order valence-electron chi connectivity index (χ3n) is 2.86. The first-order valence-corrected chi connectivity index (χ1v) is 6.49. The molecule has 0 atom stereocenters. The molecule has 0 fully saturated rings. The summed E-state index contributed by atoms with van der Waals surface area (Å²) in [4.78, 5) is 0. The molecular formula is C14H28. The molecule has 0 saturated carbocycles. The first-order chi connectivity index (χ1) is 6.85. The van der Waals surface area contributed by atoms with E-state index in [9.17, 15) is 0 Å². The van der Waals surface area contributed by atoms with Gasteiger partial charge in [-0.05, 0) is 32.6 Å². The van der Waals surface area contributed by atoms with Crippen LogP contribution in [0.1, 0.15) is 78.6 Å². The van der Waals surface area contributed by atoms with Crippen LogP contribution in [0.4, 0.5) is 0 Å². The summed E-state index contributed by atoms with van der Waals surface area (Å²) in [6, 6.07) is 0. The molecule has 0 heterocycles. The average molecular weight is 196 g/mol. The van der Waals surface area contributed by atoms with Crippen molar-refractivity contribution in [2.45, 2.75) is 78.6 Å². The maximum atomic E-state index is 2.33. The van der Waals surface area contributed by atoms with Crippen molar-refractivity contribution >= 4 is 0 Å². The van der Waals surface area contributed by atoms with Crippen molar-refractivity contribution in [2.75, 3.05) is 0 Å². The SMILES string of the molecule is C/C=C(/CCCC)CCCCCCC. The highest BCUT2D eigenvalue weighted by Gasteiger charge is 1.96. The van der Waals surface area contributed by atoms with E-state index in [0.717, 1.165) is 0 Å². The summed E-state index contributed by atoms with van der Waals surface area (Å²) in [6.07, 6.45) is 14.7. The highest BCUT2D eigenvalue weighted by atomic mass is 14.0. The smallest absolute Gasteiger partial charge is 0.0320 e. The van der Waals surface area contributed by atoms with Crippen LogP contribution < -0.4 is 0 Å². The van der Waals surface area contributed by atoms with E-state index in [1.54, 1.807) is 5.57 Å². The first kappa shape index (κ1) is 13.7. The van der Waals surface area contributed by atoms with Gasteiger partial charge in [0.15, 0.2) is 0 Å². The van der Waals surface area contributed by atoms with Gasteiger partial charge < -0.3 is 0 Å². The van der Waals surface area contributed by atoms with Crippen LogP contribution in [0.25, 0.3) is 0 Å². The highest BCUT2D eigenvalue weighted by Crippen LogP contribution is 2.16. The molecule has 0 N–H and O–H groups in total. The van der Waals surface area contributed by atoms with Crippen LogP contribution in [0, 0.1) is 0 Å². The minimum atomic E-state index is 1.33. The summed E-state index contributed by atoms with van der Waals surface area (Å²) < 4.78 is 0. The maximum absolute atomic E-state index is 2.33. The molecule has 0 aromatic heterocycles. The van der Waals surface area contributed by atoms with Gasteiger partial charge in [0.2, 0.25) is 0 Å². The van der Waals surface area contributed by atoms with Gasteiger partial charge in [-0.25, -0.2) is 0 Å². The van der Waals surface area contributed by atoms with Gasteiger partial charge >= 0.3 is 0 Å². The molecule has 0 aliphatic carbocycles. The second kappa shape index (κ2) is 10.8. The van der Waals surface area contributed by atoms with Crippen molar-refractivity contribution in [2.24, 2.45) is 0 Å². The highest BCUT2D eigenvalue weighted by molar-refractivity contribution is 4.99. The molecule has 0 bridgehead atoms. The molecule has 0 spiro atoms. The van der Waals surface area contributed by atoms with Crippen LogP contribution in [-0.4, -0.2) is 0 Å². The first-order valence-electron chi connectivity index (χ1n) is 6.49. The third-order valence-corrected chi connectivity index (χ3v) is 2.86. The van der Waals surface area contributed by atoms with E-state index in [1.807, 2.05) is 0 Å². The number of allylic oxidation sites excluding steroid dienone is 2. The van der Waals surface area contributed by atoms with E-state index in [1.165, 1.54) is 57.8 Å². The minimum absolute atomic E-state index is 1.33. The van der Waals surface area contributed by atoms with Gasteiger partial charge in [-0.3, -0.25) is 0 Å². The Labute approximate surface area is 90.8 Å². The van der Waals surface area contributed by atoms with Gasteiger partial charge in [-0.2, -0.15) is 0 Å². The molecule has 14 heavy (non-hydrogen) atoms. The zero-order chi connectivity index (χ0) is 10.6. The van der Waals surface area contributed by atoms with Crippen molar-refractivity contribution in [1.82, 2.24) is 0 Å². The standard InChI is InChI=1S/C14H28/c1-4-7-9-10-11-13-14(6-3)12-8-5-2/h6H,4-5,7-13H2,1-3H3/b14-6-. The van der Waals surface area contributed by atoms with E-state index < -0.39 is 0 Å². The minimum Gasteiger partial charge on any atom is -0.0885 e. The summed E-state index contributed by atoms with van der Waals surface area (Å²) in [5.74, 6) is 0. The predicted molar refractivity (Wildman–Crippen MR) is 66.7 cm³/mol. The molecule has 0 aliphatic heterocycles. The second-order valence-electron chi connectivity index (χ2n) is 4.21. The van der Waals surface area contributed by atoms with E-state index in [0.29, 0.717) is 0 Å². The molecule has 0 saturated heterocycles. The monoisotopic (exact) mass is 196 g/mol. The van der Waals surface area contributed by atoms with Gasteiger partial charge in [0.1, 0.15) is 0 Å². The summed E-state index contributed by atoms with van der Waals surface area (Å²) in [6.45, 7) is 6.74. The lowest BCUT2D eigenvalue weighted by molar-refractivity contribution is 0.619. The summed E-state index contributed by atoms with van der Waals surface area (Å²) in [5.41, 5.74) is 1.68. The molecule has 0 rings (SSSR count). The number of hydrogen-bond donors (Lipinski definition) is 0. The summed E-state index contributed by atoms with van der Waals surface area (Å²) >= 11 is 0. The Morgan fingerprint density at radius 1 is 0.786 bits per heavy atom. The maximum Gasteiger partial charge on any atom is -0.0320 e. The van der Waals surface area contributed by atoms with Crippen molar-refractivity contribution in [3.63, 3.8) is 0 Å². The van der Waals surface area contributed by atoms with Crippen LogP contribution in [-0.2, 0) is 0 Å². The predicted octanol–water partition coefficient (Wildman–Crippen LogP) is 5.48. The average Bonchev–Trinajstić information content (AvgIpc) is 2.22. The van der Waals surface area contributed by atoms with Crippen LogP contribution in [0.15, 0.2) is 11.6 Å². The number of unbranched alkanes of at least 4 members (excludes halogenated alkanes) is 5. The van der Waals surface area contributed by atoms with Crippen molar-refractivity contribution < 1.29 is 0 Å². The zero-order valence-electron chi connectivity index (χ0n) is 10.4. The summed E-state index contributed by atoms with van der Waals surface area (Å²) in [5, 5.41) is 0. The molecule has 0 radical (unpaired) electrons. The molecule has 0 aromatic rings. The fourth-order valence-electron chi connectivity index (χ4n) is 1.77. The Hall–Kier alpha value is -0.260. The topological polar surface area (TPSA) is 0 Å². The van der Waals surface area contributed by atoms with Crippen LogP contribution in [0.2, 0.25) is 0 Å². The van der Waals surface area contributed by atoms with Crippen LogP contribution in [0.3, 0.4) is 0 Å². The lowest BCUT2D eigenvalue weighted by Gasteiger charge is -2.05. The van der Waals surface area contributed by atoms with Gasteiger partial charge in [0, 0.05) is 0 Å². The van der Waals surface area contributed by atoms with E-state index in [2.05, 4.69) is 26.8 Å². The largest absolute Gasteiger partial charge is 0.0885 e. The Kier molecular flexibility index (Phi) is 10.6. The Morgan fingerprint density at radius 3 is 1.93 bits per heavy atom. The van der Waals surface area contributed by atoms with Crippen molar-refractivity contribution in [3.8, 4) is 0 Å². The van der Waals surface area contributed by atoms with Crippen LogP contribution in [0.5, 0.6) is 0 Å². The van der Waals surface area contributed by atoms with E-state index in [-0.39, 0.29) is 0 Å². The summed E-state index contributed by atoms with van der Waals surface area (Å²) in [7, 11) is 0. The van der Waals surface area contributed by atoms with Crippen LogP contribution >= 0.6 is 0 Å². The normalized spacial score (nSPS) is 12.1. The lowest BCUT2D eigenvalue weighted by atomic mass is 10.0. The fraction of sp³-hybridized carbons (Fsp3) is 0.857. The number of rotatable bonds is 9. The van der Waals surface area contributed by atoms with E-state index in [4.69, 9.17) is 0 Å². The molecule has 0 heteroatoms. The molecule has 84 valence electrons. The van der Waals surface area contributed by atoms with Gasteiger partial charge in [-0.15, -0.1) is 0 Å². The second-order valence-corrected chi connectivity index (χ2v) is 4.21. The van der Waals surface area contributed by atoms with Crippen molar-refractivity contribution in [3.05, 3.63) is 11.6 Å². The molecule has 0 aliphatic rings. The van der Waals surface area contributed by atoms with Crippen molar-refractivity contribution in [1.29, 1.82) is 0 Å². The quantitative estimate of drug-likeness (QED) is 0.338. The fourth-order valence-corrected chi connectivity index (χ4v) is 1.77. The molecule has 0 unspecified atom stereocenters. The van der Waals surface area contributed by atoms with E-state index >= 15 is 0 Å². The molecule has 0 nitrogen and oxygen atoms in total. The van der Waals surface area contributed by atoms with Gasteiger partial charge in [-0.1, -0.05) is 57.6 Å². The lowest BCUT2D eigenvalue weighted by Crippen LogP contribution is -1.85. The Balaban J connectivity index is 3.34. The molecule has 0 amide bonds. The Bertz CT molecular complexity index is 133. The zero-order valence-corrected chi connectivity index (χ0v) is 10.4. The van der Waals surface area contributed by atoms with Gasteiger partial charge in [0.05, 0.1) is 0 Å².